The number of ether oxygens (including phenoxy) is 1. The molecule has 0 saturated heterocycles. The molecule has 2 heterocycles. The van der Waals surface area contributed by atoms with E-state index in [1.165, 1.54) is 30.2 Å². The van der Waals surface area contributed by atoms with Gasteiger partial charge in [-0.15, -0.1) is 21.5 Å². The van der Waals surface area contributed by atoms with E-state index in [-0.39, 0.29) is 11.7 Å². The SMILES string of the molecule is COC(=O)c1c(NC(=O)CSc2nnc(C)n2-c2ccccc2)sc(C)c1-c1ccccc1. The average molecular weight is 479 g/mol. The van der Waals surface area contributed by atoms with Crippen LogP contribution in [0.1, 0.15) is 21.1 Å². The van der Waals surface area contributed by atoms with E-state index in [0.29, 0.717) is 15.7 Å². The minimum absolute atomic E-state index is 0.114. The zero-order valence-electron chi connectivity index (χ0n) is 18.4. The lowest BCUT2D eigenvalue weighted by atomic mass is 10.0. The Labute approximate surface area is 199 Å². The Morgan fingerprint density at radius 3 is 2.36 bits per heavy atom. The van der Waals surface area contributed by atoms with Crippen molar-refractivity contribution in [3.8, 4) is 16.8 Å². The first kappa shape index (κ1) is 22.8. The van der Waals surface area contributed by atoms with E-state index in [0.717, 1.165) is 27.5 Å². The fourth-order valence-electron chi connectivity index (χ4n) is 3.49. The molecule has 0 bridgehead atoms. The molecule has 0 aliphatic heterocycles. The number of benzene rings is 2. The van der Waals surface area contributed by atoms with Gasteiger partial charge in [0.1, 0.15) is 16.4 Å². The summed E-state index contributed by atoms with van der Waals surface area (Å²) in [6.07, 6.45) is 0. The van der Waals surface area contributed by atoms with E-state index in [4.69, 9.17) is 4.74 Å². The summed E-state index contributed by atoms with van der Waals surface area (Å²) in [5.41, 5.74) is 2.97. The molecule has 1 N–H and O–H groups in total. The number of amides is 1. The molecule has 168 valence electrons. The Hall–Kier alpha value is -3.43. The second kappa shape index (κ2) is 10.0. The standard InChI is InChI=1S/C24H22N4O3S2/c1-15-20(17-10-6-4-7-11-17)21(23(30)31-3)22(33-15)25-19(29)14-32-24-27-26-16(2)28(24)18-12-8-5-9-13-18/h4-13H,14H2,1-3H3,(H,25,29). The molecule has 0 fully saturated rings. The molecule has 0 radical (unpaired) electrons. The van der Waals surface area contributed by atoms with Gasteiger partial charge in [0.25, 0.3) is 0 Å². The number of esters is 1. The number of aromatic nitrogens is 3. The zero-order chi connectivity index (χ0) is 23.4. The quantitative estimate of drug-likeness (QED) is 0.293. The number of methoxy groups -OCH3 is 1. The van der Waals surface area contributed by atoms with Crippen molar-refractivity contribution in [1.82, 2.24) is 14.8 Å². The van der Waals surface area contributed by atoms with Gasteiger partial charge in [-0.1, -0.05) is 60.3 Å². The van der Waals surface area contributed by atoms with E-state index >= 15 is 0 Å². The van der Waals surface area contributed by atoms with Crippen molar-refractivity contribution in [2.45, 2.75) is 19.0 Å². The van der Waals surface area contributed by atoms with Gasteiger partial charge in [0.15, 0.2) is 5.16 Å². The second-order valence-corrected chi connectivity index (χ2v) is 9.30. The van der Waals surface area contributed by atoms with Crippen LogP contribution in [0.4, 0.5) is 5.00 Å². The number of carbonyl (C=O) groups excluding carboxylic acids is 2. The summed E-state index contributed by atoms with van der Waals surface area (Å²) in [5, 5.41) is 12.4. The molecule has 2 aromatic carbocycles. The highest BCUT2D eigenvalue weighted by atomic mass is 32.2. The van der Waals surface area contributed by atoms with Crippen LogP contribution in [0.3, 0.4) is 0 Å². The molecule has 1 amide bonds. The summed E-state index contributed by atoms with van der Waals surface area (Å²) in [5.74, 6) is 0.119. The first-order valence-corrected chi connectivity index (χ1v) is 12.0. The summed E-state index contributed by atoms with van der Waals surface area (Å²) in [6, 6.07) is 19.3. The van der Waals surface area contributed by atoms with Gasteiger partial charge in [-0.25, -0.2) is 4.79 Å². The van der Waals surface area contributed by atoms with Crippen LogP contribution in [0.5, 0.6) is 0 Å². The van der Waals surface area contributed by atoms with Crippen molar-refractivity contribution in [2.24, 2.45) is 0 Å². The molecular weight excluding hydrogens is 456 g/mol. The Morgan fingerprint density at radius 1 is 1.03 bits per heavy atom. The maximum atomic E-state index is 12.8. The molecule has 7 nitrogen and oxygen atoms in total. The van der Waals surface area contributed by atoms with Crippen molar-refractivity contribution < 1.29 is 14.3 Å². The fourth-order valence-corrected chi connectivity index (χ4v) is 5.36. The van der Waals surface area contributed by atoms with Gasteiger partial charge >= 0.3 is 5.97 Å². The van der Waals surface area contributed by atoms with Gasteiger partial charge in [0, 0.05) is 16.1 Å². The van der Waals surface area contributed by atoms with Crippen LogP contribution in [0, 0.1) is 13.8 Å². The Balaban J connectivity index is 1.55. The lowest BCUT2D eigenvalue weighted by Gasteiger charge is -2.09. The molecule has 0 aliphatic carbocycles. The highest BCUT2D eigenvalue weighted by Crippen LogP contribution is 2.40. The zero-order valence-corrected chi connectivity index (χ0v) is 20.0. The molecular formula is C24H22N4O3S2. The van der Waals surface area contributed by atoms with E-state index in [9.17, 15) is 9.59 Å². The molecule has 4 aromatic rings. The predicted molar refractivity (Wildman–Crippen MR) is 131 cm³/mol. The molecule has 0 aliphatic rings. The molecule has 2 aromatic heterocycles. The predicted octanol–water partition coefficient (Wildman–Crippen LogP) is 5.13. The van der Waals surface area contributed by atoms with Crippen LogP contribution in [0.15, 0.2) is 65.8 Å². The largest absolute Gasteiger partial charge is 0.465 e. The van der Waals surface area contributed by atoms with Gasteiger partial charge in [-0.3, -0.25) is 9.36 Å². The second-order valence-electron chi connectivity index (χ2n) is 7.13. The number of aryl methyl sites for hydroxylation is 2. The smallest absolute Gasteiger partial charge is 0.341 e. The first-order chi connectivity index (χ1) is 16.0. The maximum absolute atomic E-state index is 12.8. The Kier molecular flexibility index (Phi) is 6.90. The Morgan fingerprint density at radius 2 is 1.70 bits per heavy atom. The van der Waals surface area contributed by atoms with E-state index < -0.39 is 5.97 Å². The third-order valence-electron chi connectivity index (χ3n) is 4.93. The highest BCUT2D eigenvalue weighted by Gasteiger charge is 2.25. The van der Waals surface area contributed by atoms with Crippen molar-refractivity contribution in [3.05, 3.63) is 76.9 Å². The van der Waals surface area contributed by atoms with Crippen LogP contribution in [-0.2, 0) is 9.53 Å². The molecule has 4 rings (SSSR count). The van der Waals surface area contributed by atoms with Crippen LogP contribution >= 0.6 is 23.1 Å². The number of rotatable bonds is 7. The molecule has 33 heavy (non-hydrogen) atoms. The minimum atomic E-state index is -0.486. The minimum Gasteiger partial charge on any atom is -0.465 e. The van der Waals surface area contributed by atoms with Gasteiger partial charge in [0.05, 0.1) is 12.9 Å². The highest BCUT2D eigenvalue weighted by molar-refractivity contribution is 7.99. The van der Waals surface area contributed by atoms with E-state index in [1.807, 2.05) is 79.1 Å². The van der Waals surface area contributed by atoms with Crippen LogP contribution in [-0.4, -0.2) is 39.5 Å². The van der Waals surface area contributed by atoms with Crippen LogP contribution in [0.2, 0.25) is 0 Å². The van der Waals surface area contributed by atoms with Crippen molar-refractivity contribution in [1.29, 1.82) is 0 Å². The Bertz CT molecular complexity index is 1280. The number of nitrogens with zero attached hydrogens (tertiary/aromatic N) is 3. The monoisotopic (exact) mass is 478 g/mol. The van der Waals surface area contributed by atoms with Gasteiger partial charge in [0.2, 0.25) is 5.91 Å². The molecule has 9 heteroatoms. The van der Waals surface area contributed by atoms with Crippen LogP contribution < -0.4 is 5.32 Å². The summed E-state index contributed by atoms with van der Waals surface area (Å²) in [7, 11) is 1.34. The van der Waals surface area contributed by atoms with Crippen molar-refractivity contribution in [3.63, 3.8) is 0 Å². The number of carbonyl (C=O) groups is 2. The van der Waals surface area contributed by atoms with Gasteiger partial charge < -0.3 is 10.1 Å². The lowest BCUT2D eigenvalue weighted by molar-refractivity contribution is -0.113. The van der Waals surface area contributed by atoms with E-state index in [2.05, 4.69) is 15.5 Å². The van der Waals surface area contributed by atoms with Gasteiger partial charge in [-0.2, -0.15) is 0 Å². The summed E-state index contributed by atoms with van der Waals surface area (Å²) in [4.78, 5) is 26.4. The van der Waals surface area contributed by atoms with E-state index in [1.54, 1.807) is 0 Å². The van der Waals surface area contributed by atoms with Crippen LogP contribution in [0.25, 0.3) is 16.8 Å². The summed E-state index contributed by atoms with van der Waals surface area (Å²) < 4.78 is 6.92. The van der Waals surface area contributed by atoms with Crippen molar-refractivity contribution >= 4 is 40.0 Å². The number of nitrogens with one attached hydrogen (secondary N) is 1. The summed E-state index contributed by atoms with van der Waals surface area (Å²) >= 11 is 2.64. The van der Waals surface area contributed by atoms with Crippen molar-refractivity contribution in [2.75, 3.05) is 18.2 Å². The number of anilines is 1. The molecule has 0 atom stereocenters. The maximum Gasteiger partial charge on any atom is 0.341 e. The number of hydrogen-bond donors (Lipinski definition) is 1. The average Bonchev–Trinajstić information content (AvgIpc) is 3.37. The molecule has 0 spiro atoms. The van der Waals surface area contributed by atoms with Gasteiger partial charge in [-0.05, 0) is 31.5 Å². The third kappa shape index (κ3) is 4.84. The number of thiophene rings is 1. The first-order valence-electron chi connectivity index (χ1n) is 10.2. The number of thioether (sulfide) groups is 1. The summed E-state index contributed by atoms with van der Waals surface area (Å²) in [6.45, 7) is 3.79. The third-order valence-corrected chi connectivity index (χ3v) is 6.88. The molecule has 0 saturated carbocycles. The fraction of sp³-hybridized carbons (Fsp3) is 0.167. The normalized spacial score (nSPS) is 10.8. The molecule has 0 unspecified atom stereocenters. The topological polar surface area (TPSA) is 86.1 Å². The number of para-hydroxylation sites is 1. The lowest BCUT2D eigenvalue weighted by Crippen LogP contribution is -2.16. The number of hydrogen-bond acceptors (Lipinski definition) is 7.